The maximum absolute atomic E-state index is 12.7. The number of pyridine rings is 1. The van der Waals surface area contributed by atoms with Crippen LogP contribution in [0.2, 0.25) is 5.02 Å². The zero-order chi connectivity index (χ0) is 19.3. The number of benzene rings is 1. The van der Waals surface area contributed by atoms with Crippen LogP contribution in [0.1, 0.15) is 24.1 Å². The Morgan fingerprint density at radius 3 is 2.58 bits per heavy atom. The van der Waals surface area contributed by atoms with Crippen LogP contribution in [0, 0.1) is 0 Å². The highest BCUT2D eigenvalue weighted by molar-refractivity contribution is 6.33. The molecule has 1 heterocycles. The van der Waals surface area contributed by atoms with Gasteiger partial charge in [-0.3, -0.25) is 0 Å². The number of nitrogens with zero attached hydrogens (tertiary/aromatic N) is 1. The minimum atomic E-state index is -4.50. The smallest absolute Gasteiger partial charge is 0.417 e. The van der Waals surface area contributed by atoms with E-state index in [-0.39, 0.29) is 30.1 Å². The number of hydrogen-bond donors (Lipinski definition) is 2. The highest BCUT2D eigenvalue weighted by atomic mass is 35.5. The molecular weight excluding hydrogens is 373 g/mol. The molecule has 0 aliphatic rings. The second kappa shape index (κ2) is 8.46. The fourth-order valence-corrected chi connectivity index (χ4v) is 2.44. The van der Waals surface area contributed by atoms with Crippen molar-refractivity contribution < 1.29 is 27.8 Å². The first-order valence-electron chi connectivity index (χ1n) is 7.67. The molecule has 2 aromatic rings. The van der Waals surface area contributed by atoms with Crippen molar-refractivity contribution in [3.8, 4) is 11.5 Å². The van der Waals surface area contributed by atoms with Crippen LogP contribution in [0.25, 0.3) is 0 Å². The van der Waals surface area contributed by atoms with Crippen LogP contribution in [0.5, 0.6) is 11.5 Å². The van der Waals surface area contributed by atoms with E-state index >= 15 is 0 Å². The molecule has 1 unspecified atom stereocenters. The van der Waals surface area contributed by atoms with Gasteiger partial charge < -0.3 is 19.9 Å². The van der Waals surface area contributed by atoms with E-state index in [9.17, 15) is 13.2 Å². The van der Waals surface area contributed by atoms with Crippen molar-refractivity contribution in [3.05, 3.63) is 46.6 Å². The lowest BCUT2D eigenvalue weighted by atomic mass is 10.1. The molecule has 26 heavy (non-hydrogen) atoms. The Bertz CT molecular complexity index is 757. The van der Waals surface area contributed by atoms with E-state index in [1.807, 2.05) is 0 Å². The molecule has 1 aromatic carbocycles. The second-order valence-corrected chi connectivity index (χ2v) is 5.81. The summed E-state index contributed by atoms with van der Waals surface area (Å²) in [6.07, 6.45) is -3.77. The quantitative estimate of drug-likeness (QED) is 0.737. The summed E-state index contributed by atoms with van der Waals surface area (Å²) in [7, 11) is 1.48. The Hall–Kier alpha value is -2.19. The summed E-state index contributed by atoms with van der Waals surface area (Å²) in [5, 5.41) is 11.7. The van der Waals surface area contributed by atoms with Crippen molar-refractivity contribution in [2.45, 2.75) is 19.1 Å². The van der Waals surface area contributed by atoms with Crippen molar-refractivity contribution in [2.75, 3.05) is 25.6 Å². The fraction of sp³-hybridized carbons (Fsp3) is 0.353. The molecule has 142 valence electrons. The molecule has 1 aromatic heterocycles. The van der Waals surface area contributed by atoms with E-state index in [2.05, 4.69) is 10.3 Å². The molecule has 2 N–H and O–H groups in total. The Balaban J connectivity index is 2.18. The van der Waals surface area contributed by atoms with Gasteiger partial charge in [0.15, 0.2) is 11.5 Å². The van der Waals surface area contributed by atoms with E-state index in [1.54, 1.807) is 25.1 Å². The highest BCUT2D eigenvalue weighted by Gasteiger charge is 2.31. The molecule has 2 rings (SSSR count). The molecule has 0 saturated heterocycles. The van der Waals surface area contributed by atoms with E-state index < -0.39 is 11.7 Å². The molecule has 1 atom stereocenters. The second-order valence-electron chi connectivity index (χ2n) is 5.40. The van der Waals surface area contributed by atoms with Gasteiger partial charge in [-0.25, -0.2) is 4.98 Å². The van der Waals surface area contributed by atoms with Crippen LogP contribution < -0.4 is 14.8 Å². The summed E-state index contributed by atoms with van der Waals surface area (Å²) >= 11 is 5.91. The van der Waals surface area contributed by atoms with Gasteiger partial charge in [-0.15, -0.1) is 0 Å². The summed E-state index contributed by atoms with van der Waals surface area (Å²) in [4.78, 5) is 3.76. The molecule has 5 nitrogen and oxygen atoms in total. The van der Waals surface area contributed by atoms with Crippen LogP contribution >= 0.6 is 11.6 Å². The standard InChI is InChI=1S/C17H18ClF3N2O3/c1-10(11-3-4-14(26-6-5-24)15(7-11)25-2)23-16-13(18)8-12(9-22-16)17(19,20)21/h3-4,7-10,24H,5-6H2,1-2H3,(H,22,23). The van der Waals surface area contributed by atoms with Gasteiger partial charge in [0.05, 0.1) is 30.3 Å². The number of aliphatic hydroxyl groups excluding tert-OH is 1. The maximum atomic E-state index is 12.7. The zero-order valence-electron chi connectivity index (χ0n) is 14.1. The zero-order valence-corrected chi connectivity index (χ0v) is 14.9. The largest absolute Gasteiger partial charge is 0.493 e. The third kappa shape index (κ3) is 4.92. The number of rotatable bonds is 7. The minimum absolute atomic E-state index is 0.124. The highest BCUT2D eigenvalue weighted by Crippen LogP contribution is 2.34. The number of aromatic nitrogens is 1. The van der Waals surface area contributed by atoms with Gasteiger partial charge in [0.2, 0.25) is 0 Å². The molecule has 9 heteroatoms. The fourth-order valence-electron chi connectivity index (χ4n) is 2.22. The topological polar surface area (TPSA) is 63.6 Å². The van der Waals surface area contributed by atoms with Gasteiger partial charge in [-0.05, 0) is 30.7 Å². The third-order valence-corrected chi connectivity index (χ3v) is 3.85. The van der Waals surface area contributed by atoms with Crippen molar-refractivity contribution in [1.82, 2.24) is 4.98 Å². The molecule has 0 amide bonds. The Kier molecular flexibility index (Phi) is 6.55. The van der Waals surface area contributed by atoms with Crippen LogP contribution in [-0.2, 0) is 6.18 Å². The first kappa shape index (κ1) is 20.1. The summed E-state index contributed by atoms with van der Waals surface area (Å²) in [6, 6.07) is 5.70. The van der Waals surface area contributed by atoms with Gasteiger partial charge in [0, 0.05) is 6.20 Å². The lowest BCUT2D eigenvalue weighted by Crippen LogP contribution is -2.11. The SMILES string of the molecule is COc1cc(C(C)Nc2ncc(C(F)(F)F)cc2Cl)ccc1OCCO. The average molecular weight is 391 g/mol. The number of ether oxygens (including phenoxy) is 2. The Morgan fingerprint density at radius 2 is 2.00 bits per heavy atom. The van der Waals surface area contributed by atoms with E-state index in [0.29, 0.717) is 11.5 Å². The normalized spacial score (nSPS) is 12.6. The van der Waals surface area contributed by atoms with Gasteiger partial charge in [-0.1, -0.05) is 17.7 Å². The third-order valence-electron chi connectivity index (χ3n) is 3.56. The minimum Gasteiger partial charge on any atom is -0.493 e. The van der Waals surface area contributed by atoms with Crippen LogP contribution in [-0.4, -0.2) is 30.4 Å². The lowest BCUT2D eigenvalue weighted by molar-refractivity contribution is -0.137. The molecule has 0 bridgehead atoms. The van der Waals surface area contributed by atoms with Gasteiger partial charge in [-0.2, -0.15) is 13.2 Å². The number of methoxy groups -OCH3 is 1. The van der Waals surface area contributed by atoms with Crippen LogP contribution in [0.15, 0.2) is 30.5 Å². The van der Waals surface area contributed by atoms with E-state index in [4.69, 9.17) is 26.2 Å². The molecule has 0 aliphatic carbocycles. The predicted molar refractivity (Wildman–Crippen MR) is 91.9 cm³/mol. The lowest BCUT2D eigenvalue weighted by Gasteiger charge is -2.18. The van der Waals surface area contributed by atoms with Gasteiger partial charge >= 0.3 is 6.18 Å². The first-order chi connectivity index (χ1) is 12.3. The van der Waals surface area contributed by atoms with E-state index in [1.165, 1.54) is 7.11 Å². The van der Waals surface area contributed by atoms with Crippen molar-refractivity contribution >= 4 is 17.4 Å². The summed E-state index contributed by atoms with van der Waals surface area (Å²) in [6.45, 7) is 1.81. The number of hydrogen-bond acceptors (Lipinski definition) is 5. The Morgan fingerprint density at radius 1 is 1.27 bits per heavy atom. The number of aliphatic hydroxyl groups is 1. The van der Waals surface area contributed by atoms with E-state index in [0.717, 1.165) is 17.8 Å². The molecule has 0 aliphatic heterocycles. The molecule has 0 spiro atoms. The number of anilines is 1. The summed E-state index contributed by atoms with van der Waals surface area (Å²) < 4.78 is 48.6. The number of nitrogens with one attached hydrogen (secondary N) is 1. The maximum Gasteiger partial charge on any atom is 0.417 e. The molecular formula is C17H18ClF3N2O3. The van der Waals surface area contributed by atoms with Gasteiger partial charge in [0.1, 0.15) is 12.4 Å². The molecule has 0 saturated carbocycles. The molecule has 0 radical (unpaired) electrons. The number of alkyl halides is 3. The van der Waals surface area contributed by atoms with Crippen molar-refractivity contribution in [1.29, 1.82) is 0 Å². The van der Waals surface area contributed by atoms with Crippen molar-refractivity contribution in [2.24, 2.45) is 0 Å². The van der Waals surface area contributed by atoms with Gasteiger partial charge in [0.25, 0.3) is 0 Å². The Labute approximate surface area is 153 Å². The summed E-state index contributed by atoms with van der Waals surface area (Å²) in [5.41, 5.74) is -0.122. The van der Waals surface area contributed by atoms with Crippen LogP contribution in [0.3, 0.4) is 0 Å². The monoisotopic (exact) mass is 390 g/mol. The predicted octanol–water partition coefficient (Wildman–Crippen LogP) is 4.31. The van der Waals surface area contributed by atoms with Crippen molar-refractivity contribution in [3.63, 3.8) is 0 Å². The number of halogens is 4. The first-order valence-corrected chi connectivity index (χ1v) is 8.05. The summed E-state index contributed by atoms with van der Waals surface area (Å²) in [5.74, 6) is 1.09. The molecule has 0 fully saturated rings. The van der Waals surface area contributed by atoms with Crippen LogP contribution in [0.4, 0.5) is 19.0 Å². The average Bonchev–Trinajstić information content (AvgIpc) is 2.60.